The topological polar surface area (TPSA) is 49.6 Å². The lowest BCUT2D eigenvalue weighted by atomic mass is 10.0. The Morgan fingerprint density at radius 1 is 1.10 bits per heavy atom. The van der Waals surface area contributed by atoms with Crippen molar-refractivity contribution >= 4 is 17.3 Å². The first kappa shape index (κ1) is 14.7. The van der Waals surface area contributed by atoms with Gasteiger partial charge in [-0.05, 0) is 37.1 Å². The van der Waals surface area contributed by atoms with Crippen LogP contribution in [0, 0.1) is 5.92 Å². The molecule has 1 aliphatic rings. The van der Waals surface area contributed by atoms with Crippen LogP contribution in [0.5, 0.6) is 0 Å². The molecule has 2 N–H and O–H groups in total. The normalized spacial score (nSPS) is 15.8. The first-order chi connectivity index (χ1) is 9.65. The zero-order chi connectivity index (χ0) is 14.5. The van der Waals surface area contributed by atoms with E-state index in [1.165, 1.54) is 5.69 Å². The van der Waals surface area contributed by atoms with Gasteiger partial charge in [-0.3, -0.25) is 4.79 Å². The molecule has 1 saturated heterocycles. The predicted molar refractivity (Wildman–Crippen MR) is 83.7 cm³/mol. The highest BCUT2D eigenvalue weighted by atomic mass is 16.2. The number of nitrogens with two attached hydrogens (primary N) is 1. The third kappa shape index (κ3) is 3.24. The number of benzene rings is 1. The molecule has 0 aromatic heterocycles. The molecule has 4 heteroatoms. The molecular weight excluding hydrogens is 250 g/mol. The molecule has 1 fully saturated rings. The Morgan fingerprint density at radius 2 is 1.65 bits per heavy atom. The number of anilines is 2. The second kappa shape index (κ2) is 6.64. The molecule has 0 unspecified atom stereocenters. The van der Waals surface area contributed by atoms with Crippen LogP contribution in [0.15, 0.2) is 24.3 Å². The Morgan fingerprint density at radius 3 is 2.15 bits per heavy atom. The van der Waals surface area contributed by atoms with E-state index in [9.17, 15) is 4.79 Å². The Bertz CT molecular complexity index is 432. The van der Waals surface area contributed by atoms with Gasteiger partial charge in [-0.15, -0.1) is 0 Å². The molecule has 0 aliphatic carbocycles. The molecule has 20 heavy (non-hydrogen) atoms. The highest BCUT2D eigenvalue weighted by molar-refractivity contribution is 5.79. The SMILES string of the molecule is CCC(CC)C(=O)N1CCN(c2ccc(N)cc2)CC1. The summed E-state index contributed by atoms with van der Waals surface area (Å²) >= 11 is 0. The number of carbonyl (C=O) groups is 1. The minimum Gasteiger partial charge on any atom is -0.399 e. The molecule has 110 valence electrons. The molecule has 2 rings (SSSR count). The Labute approximate surface area is 121 Å². The smallest absolute Gasteiger partial charge is 0.225 e. The Balaban J connectivity index is 1.92. The number of hydrogen-bond donors (Lipinski definition) is 1. The van der Waals surface area contributed by atoms with Crippen LogP contribution in [0.3, 0.4) is 0 Å². The van der Waals surface area contributed by atoms with Crippen LogP contribution in [0.25, 0.3) is 0 Å². The number of nitrogens with zero attached hydrogens (tertiary/aromatic N) is 2. The van der Waals surface area contributed by atoms with Gasteiger partial charge in [-0.2, -0.15) is 0 Å². The maximum Gasteiger partial charge on any atom is 0.225 e. The molecule has 0 bridgehead atoms. The van der Waals surface area contributed by atoms with E-state index in [4.69, 9.17) is 5.73 Å². The van der Waals surface area contributed by atoms with Gasteiger partial charge in [-0.25, -0.2) is 0 Å². The summed E-state index contributed by atoms with van der Waals surface area (Å²) in [6.45, 7) is 7.62. The zero-order valence-corrected chi connectivity index (χ0v) is 12.5. The van der Waals surface area contributed by atoms with Gasteiger partial charge in [-0.1, -0.05) is 13.8 Å². The van der Waals surface area contributed by atoms with Gasteiger partial charge in [0, 0.05) is 43.5 Å². The van der Waals surface area contributed by atoms with Crippen LogP contribution in [0.4, 0.5) is 11.4 Å². The van der Waals surface area contributed by atoms with E-state index in [1.54, 1.807) is 0 Å². The molecule has 1 amide bonds. The fraction of sp³-hybridized carbons (Fsp3) is 0.562. The molecule has 0 atom stereocenters. The second-order valence-electron chi connectivity index (χ2n) is 5.42. The lowest BCUT2D eigenvalue weighted by molar-refractivity contribution is -0.136. The fourth-order valence-corrected chi connectivity index (χ4v) is 2.77. The molecule has 1 heterocycles. The molecule has 0 radical (unpaired) electrons. The molecule has 1 aliphatic heterocycles. The van der Waals surface area contributed by atoms with Crippen molar-refractivity contribution in [1.82, 2.24) is 4.90 Å². The van der Waals surface area contributed by atoms with E-state index in [-0.39, 0.29) is 5.92 Å². The van der Waals surface area contributed by atoms with Crippen molar-refractivity contribution in [3.63, 3.8) is 0 Å². The lowest BCUT2D eigenvalue weighted by Gasteiger charge is -2.37. The van der Waals surface area contributed by atoms with Crippen LogP contribution in [0.1, 0.15) is 26.7 Å². The fourth-order valence-electron chi connectivity index (χ4n) is 2.77. The molecule has 4 nitrogen and oxygen atoms in total. The number of amides is 1. The van der Waals surface area contributed by atoms with Crippen molar-refractivity contribution in [2.75, 3.05) is 36.8 Å². The minimum absolute atomic E-state index is 0.193. The van der Waals surface area contributed by atoms with Crippen molar-refractivity contribution < 1.29 is 4.79 Å². The van der Waals surface area contributed by atoms with Crippen molar-refractivity contribution in [3.8, 4) is 0 Å². The summed E-state index contributed by atoms with van der Waals surface area (Å²) in [5.41, 5.74) is 7.69. The van der Waals surface area contributed by atoms with E-state index in [0.717, 1.165) is 44.7 Å². The summed E-state index contributed by atoms with van der Waals surface area (Å²) in [6.07, 6.45) is 1.88. The van der Waals surface area contributed by atoms with Gasteiger partial charge in [0.05, 0.1) is 0 Å². The van der Waals surface area contributed by atoms with Gasteiger partial charge >= 0.3 is 0 Å². The van der Waals surface area contributed by atoms with Crippen LogP contribution in [0.2, 0.25) is 0 Å². The summed E-state index contributed by atoms with van der Waals surface area (Å²) in [5.74, 6) is 0.519. The maximum atomic E-state index is 12.3. The molecule has 1 aromatic rings. The Hall–Kier alpha value is -1.71. The van der Waals surface area contributed by atoms with Crippen LogP contribution < -0.4 is 10.6 Å². The average molecular weight is 275 g/mol. The highest BCUT2D eigenvalue weighted by Crippen LogP contribution is 2.19. The number of nitrogen functional groups attached to an aromatic ring is 1. The summed E-state index contributed by atoms with van der Waals surface area (Å²) < 4.78 is 0. The van der Waals surface area contributed by atoms with E-state index in [1.807, 2.05) is 29.2 Å². The van der Waals surface area contributed by atoms with Gasteiger partial charge < -0.3 is 15.5 Å². The van der Waals surface area contributed by atoms with Crippen LogP contribution in [-0.2, 0) is 4.79 Å². The maximum absolute atomic E-state index is 12.3. The highest BCUT2D eigenvalue weighted by Gasteiger charge is 2.25. The molecular formula is C16H25N3O. The second-order valence-corrected chi connectivity index (χ2v) is 5.42. The van der Waals surface area contributed by atoms with E-state index < -0.39 is 0 Å². The van der Waals surface area contributed by atoms with Crippen LogP contribution in [-0.4, -0.2) is 37.0 Å². The van der Waals surface area contributed by atoms with E-state index in [0.29, 0.717) is 5.91 Å². The van der Waals surface area contributed by atoms with Crippen molar-refractivity contribution in [2.24, 2.45) is 5.92 Å². The average Bonchev–Trinajstić information content (AvgIpc) is 2.49. The van der Waals surface area contributed by atoms with Crippen LogP contribution >= 0.6 is 0 Å². The minimum atomic E-state index is 0.193. The summed E-state index contributed by atoms with van der Waals surface area (Å²) in [4.78, 5) is 16.7. The van der Waals surface area contributed by atoms with Gasteiger partial charge in [0.15, 0.2) is 0 Å². The quantitative estimate of drug-likeness (QED) is 0.858. The number of piperazine rings is 1. The number of hydrogen-bond acceptors (Lipinski definition) is 3. The Kier molecular flexibility index (Phi) is 4.88. The summed E-state index contributed by atoms with van der Waals surface area (Å²) in [5, 5.41) is 0. The standard InChI is InChI=1S/C16H25N3O/c1-3-13(4-2)16(20)19-11-9-18(10-12-19)15-7-5-14(17)6-8-15/h5-8,13H,3-4,9-12,17H2,1-2H3. The number of rotatable bonds is 4. The first-order valence-corrected chi connectivity index (χ1v) is 7.55. The largest absolute Gasteiger partial charge is 0.399 e. The van der Waals surface area contributed by atoms with Crippen molar-refractivity contribution in [2.45, 2.75) is 26.7 Å². The molecule has 0 saturated carbocycles. The monoisotopic (exact) mass is 275 g/mol. The zero-order valence-electron chi connectivity index (χ0n) is 12.5. The van der Waals surface area contributed by atoms with Gasteiger partial charge in [0.1, 0.15) is 0 Å². The molecule has 1 aromatic carbocycles. The molecule has 0 spiro atoms. The third-order valence-corrected chi connectivity index (χ3v) is 4.18. The first-order valence-electron chi connectivity index (χ1n) is 7.55. The van der Waals surface area contributed by atoms with Crippen molar-refractivity contribution in [1.29, 1.82) is 0 Å². The summed E-state index contributed by atoms with van der Waals surface area (Å²) in [7, 11) is 0. The van der Waals surface area contributed by atoms with Crippen molar-refractivity contribution in [3.05, 3.63) is 24.3 Å². The van der Waals surface area contributed by atoms with E-state index >= 15 is 0 Å². The summed E-state index contributed by atoms with van der Waals surface area (Å²) in [6, 6.07) is 7.95. The van der Waals surface area contributed by atoms with Gasteiger partial charge in [0.25, 0.3) is 0 Å². The lowest BCUT2D eigenvalue weighted by Crippen LogP contribution is -2.50. The van der Waals surface area contributed by atoms with Gasteiger partial charge in [0.2, 0.25) is 5.91 Å². The predicted octanol–water partition coefficient (Wildman–Crippen LogP) is 2.35. The number of carbonyl (C=O) groups excluding carboxylic acids is 1. The van der Waals surface area contributed by atoms with E-state index in [2.05, 4.69) is 18.7 Å². The third-order valence-electron chi connectivity index (χ3n) is 4.18.